The third-order valence-corrected chi connectivity index (χ3v) is 7.07. The first-order valence-corrected chi connectivity index (χ1v) is 9.84. The maximum Gasteiger partial charge on any atom is 0.247 e. The van der Waals surface area contributed by atoms with Gasteiger partial charge in [0.2, 0.25) is 10.0 Å². The van der Waals surface area contributed by atoms with Crippen LogP contribution in [-0.4, -0.2) is 60.6 Å². The molecule has 1 aliphatic heterocycles. The summed E-state index contributed by atoms with van der Waals surface area (Å²) in [4.78, 5) is 2.48. The summed E-state index contributed by atoms with van der Waals surface area (Å²) in [7, 11) is 0.526. The first kappa shape index (κ1) is 18.4. The quantitative estimate of drug-likeness (QED) is 0.792. The van der Waals surface area contributed by atoms with Crippen molar-refractivity contribution in [2.75, 3.05) is 27.2 Å². The summed E-state index contributed by atoms with van der Waals surface area (Å²) in [6.45, 7) is 10.0. The normalized spacial score (nSPS) is 23.1. The van der Waals surface area contributed by atoms with Gasteiger partial charge in [0.25, 0.3) is 0 Å². The van der Waals surface area contributed by atoms with Gasteiger partial charge in [0.1, 0.15) is 4.90 Å². The molecule has 0 N–H and O–H groups in total. The second-order valence-electron chi connectivity index (χ2n) is 6.88. The van der Waals surface area contributed by atoms with Gasteiger partial charge in [0.05, 0.1) is 17.9 Å². The van der Waals surface area contributed by atoms with E-state index >= 15 is 0 Å². The van der Waals surface area contributed by atoms with Crippen LogP contribution in [0.1, 0.15) is 38.1 Å². The molecule has 0 aliphatic carbocycles. The maximum atomic E-state index is 13.2. The topological polar surface area (TPSA) is 58.4 Å². The van der Waals surface area contributed by atoms with Gasteiger partial charge in [-0.15, -0.1) is 0 Å². The fourth-order valence-electron chi connectivity index (χ4n) is 3.56. The summed E-state index contributed by atoms with van der Waals surface area (Å²) in [6, 6.07) is 0.101. The van der Waals surface area contributed by atoms with E-state index in [0.717, 1.165) is 25.1 Å². The third kappa shape index (κ3) is 3.46. The molecule has 0 radical (unpaired) electrons. The molecular weight excluding hydrogens is 312 g/mol. The lowest BCUT2D eigenvalue weighted by Crippen LogP contribution is -2.37. The second kappa shape index (κ2) is 6.91. The van der Waals surface area contributed by atoms with Crippen molar-refractivity contribution in [1.29, 1.82) is 0 Å². The first-order valence-electron chi connectivity index (χ1n) is 8.40. The lowest BCUT2D eigenvalue weighted by atomic mass is 10.0. The predicted molar refractivity (Wildman–Crippen MR) is 92.0 cm³/mol. The Morgan fingerprint density at radius 1 is 1.30 bits per heavy atom. The molecule has 0 unspecified atom stereocenters. The second-order valence-corrected chi connectivity index (χ2v) is 8.71. The van der Waals surface area contributed by atoms with Crippen molar-refractivity contribution in [2.24, 2.45) is 5.92 Å². The number of sulfonamides is 1. The van der Waals surface area contributed by atoms with Crippen LogP contribution in [0.3, 0.4) is 0 Å². The molecule has 6 nitrogen and oxygen atoms in total. The van der Waals surface area contributed by atoms with Crippen molar-refractivity contribution in [2.45, 2.75) is 58.0 Å². The van der Waals surface area contributed by atoms with Crippen LogP contribution in [-0.2, 0) is 16.6 Å². The number of nitrogens with zero attached hydrogens (tertiary/aromatic N) is 4. The van der Waals surface area contributed by atoms with Gasteiger partial charge in [-0.3, -0.25) is 4.68 Å². The average Bonchev–Trinajstić information content (AvgIpc) is 2.97. The molecule has 1 aliphatic rings. The highest BCUT2D eigenvalue weighted by atomic mass is 32.2. The average molecular weight is 343 g/mol. The van der Waals surface area contributed by atoms with Gasteiger partial charge < -0.3 is 4.90 Å². The van der Waals surface area contributed by atoms with Crippen LogP contribution in [0.25, 0.3) is 0 Å². The van der Waals surface area contributed by atoms with E-state index in [0.29, 0.717) is 29.6 Å². The molecule has 23 heavy (non-hydrogen) atoms. The molecule has 0 saturated carbocycles. The highest BCUT2D eigenvalue weighted by Gasteiger charge is 2.40. The Morgan fingerprint density at radius 3 is 2.52 bits per heavy atom. The maximum absolute atomic E-state index is 13.2. The van der Waals surface area contributed by atoms with E-state index in [1.54, 1.807) is 11.2 Å². The number of hydrogen-bond acceptors (Lipinski definition) is 4. The molecule has 1 saturated heterocycles. The largest absolute Gasteiger partial charge is 0.308 e. The van der Waals surface area contributed by atoms with E-state index in [-0.39, 0.29) is 6.04 Å². The minimum atomic E-state index is -3.48. The van der Waals surface area contributed by atoms with Crippen molar-refractivity contribution >= 4 is 10.0 Å². The van der Waals surface area contributed by atoms with E-state index in [4.69, 9.17) is 0 Å². The molecule has 2 atom stereocenters. The monoisotopic (exact) mass is 342 g/mol. The molecule has 1 aromatic rings. The number of aryl methyl sites for hydroxylation is 1. The van der Waals surface area contributed by atoms with Crippen molar-refractivity contribution in [3.8, 4) is 0 Å². The summed E-state index contributed by atoms with van der Waals surface area (Å²) in [6.07, 6.45) is 1.79. The van der Waals surface area contributed by atoms with Crippen molar-refractivity contribution in [3.63, 3.8) is 0 Å². The lowest BCUT2D eigenvalue weighted by molar-refractivity contribution is 0.339. The number of aromatic nitrogens is 2. The van der Waals surface area contributed by atoms with E-state index in [1.807, 2.05) is 25.7 Å². The fourth-order valence-corrected chi connectivity index (χ4v) is 5.75. The van der Waals surface area contributed by atoms with E-state index in [1.165, 1.54) is 0 Å². The SMILES string of the molecule is CC[C@@H]1[C@H](C)CCN1S(=O)(=O)c1c(C)nn(CCN(C)C)c1C. The predicted octanol–water partition coefficient (Wildman–Crippen LogP) is 1.87. The Morgan fingerprint density at radius 2 is 1.96 bits per heavy atom. The van der Waals surface area contributed by atoms with Gasteiger partial charge in [0, 0.05) is 19.1 Å². The highest BCUT2D eigenvalue weighted by Crippen LogP contribution is 2.33. The molecule has 132 valence electrons. The zero-order valence-corrected chi connectivity index (χ0v) is 16.0. The number of likely N-dealkylation sites (N-methyl/N-ethyl adjacent to an activating group) is 1. The lowest BCUT2D eigenvalue weighted by Gasteiger charge is -2.25. The van der Waals surface area contributed by atoms with Crippen molar-refractivity contribution in [1.82, 2.24) is 19.0 Å². The first-order chi connectivity index (χ1) is 10.7. The van der Waals surface area contributed by atoms with Crippen LogP contribution in [0, 0.1) is 19.8 Å². The molecular formula is C16H30N4O2S. The van der Waals surface area contributed by atoms with Crippen LogP contribution in [0.15, 0.2) is 4.90 Å². The summed E-state index contributed by atoms with van der Waals surface area (Å²) in [5.74, 6) is 0.416. The smallest absolute Gasteiger partial charge is 0.247 e. The van der Waals surface area contributed by atoms with E-state index in [2.05, 4.69) is 23.8 Å². The van der Waals surface area contributed by atoms with Crippen LogP contribution >= 0.6 is 0 Å². The number of hydrogen-bond donors (Lipinski definition) is 0. The van der Waals surface area contributed by atoms with Crippen LogP contribution in [0.4, 0.5) is 0 Å². The summed E-state index contributed by atoms with van der Waals surface area (Å²) < 4.78 is 29.9. The highest BCUT2D eigenvalue weighted by molar-refractivity contribution is 7.89. The Balaban J connectivity index is 2.37. The van der Waals surface area contributed by atoms with Crippen molar-refractivity contribution in [3.05, 3.63) is 11.4 Å². The molecule has 0 amide bonds. The molecule has 0 aromatic carbocycles. The standard InChI is InChI=1S/C16H30N4O2S/c1-7-15-12(2)8-9-20(15)23(21,22)16-13(3)17-19(14(16)4)11-10-18(5)6/h12,15H,7-11H2,1-6H3/t12-,15-/m1/s1. The molecule has 0 bridgehead atoms. The Bertz CT molecular complexity index is 651. The molecule has 2 heterocycles. The van der Waals surface area contributed by atoms with Crippen LogP contribution in [0.2, 0.25) is 0 Å². The van der Waals surface area contributed by atoms with E-state index < -0.39 is 10.0 Å². The van der Waals surface area contributed by atoms with Crippen LogP contribution < -0.4 is 0 Å². The Hall–Kier alpha value is -0.920. The van der Waals surface area contributed by atoms with Gasteiger partial charge in [-0.1, -0.05) is 13.8 Å². The molecule has 0 spiro atoms. The van der Waals surface area contributed by atoms with E-state index in [9.17, 15) is 8.42 Å². The van der Waals surface area contributed by atoms with Gasteiger partial charge in [-0.25, -0.2) is 8.42 Å². The van der Waals surface area contributed by atoms with Gasteiger partial charge in [-0.05, 0) is 46.7 Å². The van der Waals surface area contributed by atoms with Gasteiger partial charge >= 0.3 is 0 Å². The zero-order valence-electron chi connectivity index (χ0n) is 15.2. The fraction of sp³-hybridized carbons (Fsp3) is 0.812. The molecule has 2 rings (SSSR count). The minimum Gasteiger partial charge on any atom is -0.308 e. The van der Waals surface area contributed by atoms with Gasteiger partial charge in [0.15, 0.2) is 0 Å². The van der Waals surface area contributed by atoms with Crippen molar-refractivity contribution < 1.29 is 8.42 Å². The van der Waals surface area contributed by atoms with Crippen LogP contribution in [0.5, 0.6) is 0 Å². The molecule has 1 fully saturated rings. The minimum absolute atomic E-state index is 0.101. The Labute approximate surface area is 140 Å². The van der Waals surface area contributed by atoms with Gasteiger partial charge in [-0.2, -0.15) is 9.40 Å². The summed E-state index contributed by atoms with van der Waals surface area (Å²) in [5.41, 5.74) is 1.36. The Kier molecular flexibility index (Phi) is 5.53. The zero-order chi connectivity index (χ0) is 17.4. The number of rotatable bonds is 6. The summed E-state index contributed by atoms with van der Waals surface area (Å²) >= 11 is 0. The summed E-state index contributed by atoms with van der Waals surface area (Å²) in [5, 5.41) is 4.47. The molecule has 1 aromatic heterocycles. The molecule has 7 heteroatoms. The third-order valence-electron chi connectivity index (χ3n) is 4.89.